The quantitative estimate of drug-likeness (QED) is 0.879. The molecule has 1 unspecified atom stereocenters. The number of nitrogens with zero attached hydrogens (tertiary/aromatic N) is 1. The second kappa shape index (κ2) is 5.30. The van der Waals surface area contributed by atoms with E-state index in [1.165, 1.54) is 24.3 Å². The summed E-state index contributed by atoms with van der Waals surface area (Å²) in [6.45, 7) is 3.43. The van der Waals surface area contributed by atoms with Crippen LogP contribution in [-0.2, 0) is 6.54 Å². The molecule has 0 amide bonds. The fourth-order valence-corrected chi connectivity index (χ4v) is 3.22. The maximum atomic E-state index is 5.92. The van der Waals surface area contributed by atoms with E-state index in [9.17, 15) is 0 Å². The maximum Gasteiger partial charge on any atom is 0.0931 e. The number of piperidine rings is 1. The van der Waals surface area contributed by atoms with Gasteiger partial charge in [0.25, 0.3) is 0 Å². The Balaban J connectivity index is 1.88. The molecule has 1 saturated heterocycles. The molecule has 1 atom stereocenters. The van der Waals surface area contributed by atoms with Crippen LogP contribution in [0.4, 0.5) is 0 Å². The lowest BCUT2D eigenvalue weighted by Crippen LogP contribution is -2.43. The second-order valence-electron chi connectivity index (χ2n) is 4.07. The number of thiophene rings is 1. The number of nitrogens with one attached hydrogen (secondary N) is 1. The first kappa shape index (κ1) is 11.4. The predicted octanol–water partition coefficient (Wildman–Crippen LogP) is 2.59. The molecule has 0 aliphatic carbocycles. The van der Waals surface area contributed by atoms with Crippen LogP contribution in [0.15, 0.2) is 12.1 Å². The molecule has 1 fully saturated rings. The number of likely N-dealkylation sites (tertiary alicyclic amines) is 1. The normalized spacial score (nSPS) is 23.2. The summed E-state index contributed by atoms with van der Waals surface area (Å²) in [5.41, 5.74) is 0. The average Bonchev–Trinajstić information content (AvgIpc) is 2.64. The van der Waals surface area contributed by atoms with Crippen LogP contribution in [0.2, 0.25) is 4.34 Å². The molecule has 15 heavy (non-hydrogen) atoms. The van der Waals surface area contributed by atoms with E-state index in [4.69, 9.17) is 11.6 Å². The highest BCUT2D eigenvalue weighted by Gasteiger charge is 2.18. The molecule has 4 heteroatoms. The van der Waals surface area contributed by atoms with Crippen LogP contribution >= 0.6 is 22.9 Å². The van der Waals surface area contributed by atoms with Gasteiger partial charge in [-0.25, -0.2) is 0 Å². The molecule has 2 heterocycles. The number of hydrogen-bond donors (Lipinski definition) is 1. The highest BCUT2D eigenvalue weighted by atomic mass is 35.5. The molecule has 2 nitrogen and oxygen atoms in total. The van der Waals surface area contributed by atoms with E-state index in [0.717, 1.165) is 17.4 Å². The Labute approximate surface area is 100 Å². The van der Waals surface area contributed by atoms with Gasteiger partial charge in [-0.2, -0.15) is 0 Å². The van der Waals surface area contributed by atoms with Crippen molar-refractivity contribution in [2.75, 3.05) is 20.1 Å². The Morgan fingerprint density at radius 1 is 1.60 bits per heavy atom. The van der Waals surface area contributed by atoms with Crippen LogP contribution < -0.4 is 5.32 Å². The molecule has 1 aromatic heterocycles. The first-order valence-corrected chi connectivity index (χ1v) is 6.61. The summed E-state index contributed by atoms with van der Waals surface area (Å²) < 4.78 is 0.896. The van der Waals surface area contributed by atoms with Crippen LogP contribution in [0.1, 0.15) is 17.7 Å². The molecule has 0 radical (unpaired) electrons. The standard InChI is InChI=1S/C11H17ClN2S/c1-13-9-3-2-6-14(7-9)8-10-4-5-11(12)15-10/h4-5,9,13H,2-3,6-8H2,1H3. The zero-order valence-corrected chi connectivity index (χ0v) is 10.6. The van der Waals surface area contributed by atoms with Crippen molar-refractivity contribution in [3.63, 3.8) is 0 Å². The van der Waals surface area contributed by atoms with Crippen molar-refractivity contribution in [3.05, 3.63) is 21.3 Å². The summed E-state index contributed by atoms with van der Waals surface area (Å²) in [6.07, 6.45) is 2.60. The second-order valence-corrected chi connectivity index (χ2v) is 5.87. The highest BCUT2D eigenvalue weighted by molar-refractivity contribution is 7.16. The van der Waals surface area contributed by atoms with E-state index in [0.29, 0.717) is 6.04 Å². The zero-order valence-electron chi connectivity index (χ0n) is 9.00. The largest absolute Gasteiger partial charge is 0.316 e. The number of hydrogen-bond acceptors (Lipinski definition) is 3. The van der Waals surface area contributed by atoms with Gasteiger partial charge in [-0.15, -0.1) is 11.3 Å². The molecular weight excluding hydrogens is 228 g/mol. The van der Waals surface area contributed by atoms with Crippen molar-refractivity contribution in [2.45, 2.75) is 25.4 Å². The van der Waals surface area contributed by atoms with Crippen molar-refractivity contribution < 1.29 is 0 Å². The summed E-state index contributed by atoms with van der Waals surface area (Å²) in [5.74, 6) is 0. The van der Waals surface area contributed by atoms with Gasteiger partial charge in [0.2, 0.25) is 0 Å². The Hall–Kier alpha value is -0.0900. The van der Waals surface area contributed by atoms with E-state index in [2.05, 4.69) is 23.3 Å². The Bertz CT molecular complexity index is 313. The number of halogens is 1. The Morgan fingerprint density at radius 2 is 2.47 bits per heavy atom. The highest BCUT2D eigenvalue weighted by Crippen LogP contribution is 2.23. The minimum absolute atomic E-state index is 0.661. The van der Waals surface area contributed by atoms with Crippen LogP contribution in [-0.4, -0.2) is 31.1 Å². The summed E-state index contributed by atoms with van der Waals surface area (Å²) in [4.78, 5) is 3.88. The monoisotopic (exact) mass is 244 g/mol. The van der Waals surface area contributed by atoms with Gasteiger partial charge < -0.3 is 5.32 Å². The third-order valence-corrected chi connectivity index (χ3v) is 4.14. The SMILES string of the molecule is CNC1CCCN(Cc2ccc(Cl)s2)C1. The summed E-state index contributed by atoms with van der Waals surface area (Å²) in [6, 6.07) is 4.78. The minimum Gasteiger partial charge on any atom is -0.316 e. The van der Waals surface area contributed by atoms with Gasteiger partial charge in [0.05, 0.1) is 4.34 Å². The fourth-order valence-electron chi connectivity index (χ4n) is 2.09. The van der Waals surface area contributed by atoms with Crippen molar-refractivity contribution in [1.82, 2.24) is 10.2 Å². The predicted molar refractivity (Wildman–Crippen MR) is 66.7 cm³/mol. The van der Waals surface area contributed by atoms with E-state index in [1.54, 1.807) is 11.3 Å². The first-order valence-electron chi connectivity index (χ1n) is 5.42. The third-order valence-electron chi connectivity index (χ3n) is 2.92. The van der Waals surface area contributed by atoms with Crippen molar-refractivity contribution in [1.29, 1.82) is 0 Å². The summed E-state index contributed by atoms with van der Waals surface area (Å²) in [5, 5.41) is 3.36. The molecule has 1 aliphatic heterocycles. The molecule has 1 aromatic rings. The van der Waals surface area contributed by atoms with Gasteiger partial charge in [0, 0.05) is 24.0 Å². The van der Waals surface area contributed by atoms with Crippen molar-refractivity contribution >= 4 is 22.9 Å². The van der Waals surface area contributed by atoms with E-state index < -0.39 is 0 Å². The molecule has 1 aliphatic rings. The van der Waals surface area contributed by atoms with Crippen molar-refractivity contribution in [3.8, 4) is 0 Å². The fraction of sp³-hybridized carbons (Fsp3) is 0.636. The average molecular weight is 245 g/mol. The Morgan fingerprint density at radius 3 is 3.13 bits per heavy atom. The third kappa shape index (κ3) is 3.18. The van der Waals surface area contributed by atoms with Crippen LogP contribution in [0.5, 0.6) is 0 Å². The Kier molecular flexibility index (Phi) is 4.03. The van der Waals surface area contributed by atoms with Gasteiger partial charge in [-0.05, 0) is 38.6 Å². The topological polar surface area (TPSA) is 15.3 Å². The number of likely N-dealkylation sites (N-methyl/N-ethyl adjacent to an activating group) is 1. The van der Waals surface area contributed by atoms with E-state index >= 15 is 0 Å². The molecule has 0 saturated carbocycles. The van der Waals surface area contributed by atoms with Crippen molar-refractivity contribution in [2.24, 2.45) is 0 Å². The van der Waals surface area contributed by atoms with Gasteiger partial charge in [-0.3, -0.25) is 4.90 Å². The molecule has 0 bridgehead atoms. The summed E-state index contributed by atoms with van der Waals surface area (Å²) in [7, 11) is 2.05. The van der Waals surface area contributed by atoms with Crippen LogP contribution in [0.25, 0.3) is 0 Å². The molecule has 1 N–H and O–H groups in total. The molecule has 2 rings (SSSR count). The summed E-state index contributed by atoms with van der Waals surface area (Å²) >= 11 is 7.62. The zero-order chi connectivity index (χ0) is 10.7. The number of rotatable bonds is 3. The maximum absolute atomic E-state index is 5.92. The van der Waals surface area contributed by atoms with Gasteiger partial charge in [-0.1, -0.05) is 11.6 Å². The molecular formula is C11H17ClN2S. The first-order chi connectivity index (χ1) is 7.28. The van der Waals surface area contributed by atoms with Gasteiger partial charge in [0.1, 0.15) is 0 Å². The van der Waals surface area contributed by atoms with Gasteiger partial charge in [0.15, 0.2) is 0 Å². The smallest absolute Gasteiger partial charge is 0.0931 e. The lowest BCUT2D eigenvalue weighted by atomic mass is 10.1. The van der Waals surface area contributed by atoms with E-state index in [-0.39, 0.29) is 0 Å². The lowest BCUT2D eigenvalue weighted by molar-refractivity contribution is 0.189. The molecule has 0 aromatic carbocycles. The van der Waals surface area contributed by atoms with E-state index in [1.807, 2.05) is 6.07 Å². The lowest BCUT2D eigenvalue weighted by Gasteiger charge is -2.32. The van der Waals surface area contributed by atoms with Crippen LogP contribution in [0.3, 0.4) is 0 Å². The van der Waals surface area contributed by atoms with Crippen LogP contribution in [0, 0.1) is 0 Å². The van der Waals surface area contributed by atoms with Gasteiger partial charge >= 0.3 is 0 Å². The minimum atomic E-state index is 0.661. The molecule has 84 valence electrons. The molecule has 0 spiro atoms.